The van der Waals surface area contributed by atoms with Gasteiger partial charge in [-0.15, -0.1) is 0 Å². The number of hydrogen-bond acceptors (Lipinski definition) is 6. The zero-order valence-corrected chi connectivity index (χ0v) is 13.7. The molecular formula is C20H16N2O4. The number of nitrogens with two attached hydrogens (primary N) is 2. The van der Waals surface area contributed by atoms with Crippen LogP contribution in [0, 0.1) is 0 Å². The van der Waals surface area contributed by atoms with Crippen molar-refractivity contribution in [2.24, 2.45) is 0 Å². The number of esters is 2. The fourth-order valence-electron chi connectivity index (χ4n) is 2.26. The first-order valence-corrected chi connectivity index (χ1v) is 7.77. The molecule has 0 saturated carbocycles. The molecule has 0 bridgehead atoms. The Morgan fingerprint density at radius 3 is 1.46 bits per heavy atom. The van der Waals surface area contributed by atoms with Gasteiger partial charge < -0.3 is 20.9 Å². The van der Waals surface area contributed by atoms with Crippen molar-refractivity contribution < 1.29 is 19.1 Å². The van der Waals surface area contributed by atoms with E-state index in [2.05, 4.69) is 0 Å². The lowest BCUT2D eigenvalue weighted by Crippen LogP contribution is -2.12. The highest BCUT2D eigenvalue weighted by Crippen LogP contribution is 2.19. The Bertz CT molecular complexity index is 895. The third-order valence-corrected chi connectivity index (χ3v) is 3.47. The minimum absolute atomic E-state index is 0.217. The summed E-state index contributed by atoms with van der Waals surface area (Å²) in [5.74, 6) is -0.561. The summed E-state index contributed by atoms with van der Waals surface area (Å²) in [6.07, 6.45) is 0. The van der Waals surface area contributed by atoms with Crippen LogP contribution in [0.5, 0.6) is 11.5 Å². The van der Waals surface area contributed by atoms with Gasteiger partial charge in [0, 0.05) is 23.5 Å². The van der Waals surface area contributed by atoms with Crippen LogP contribution in [0.3, 0.4) is 0 Å². The topological polar surface area (TPSA) is 105 Å². The first-order chi connectivity index (χ1) is 12.5. The number of rotatable bonds is 4. The lowest BCUT2D eigenvalue weighted by atomic mass is 10.1. The zero-order valence-electron chi connectivity index (χ0n) is 13.7. The monoisotopic (exact) mass is 348 g/mol. The third-order valence-electron chi connectivity index (χ3n) is 3.47. The first-order valence-electron chi connectivity index (χ1n) is 7.77. The maximum Gasteiger partial charge on any atom is 0.343 e. The SMILES string of the molecule is Nc1cccc(OC(=O)c2cccc(C(=O)Oc3cccc(N)c3)c2)c1. The molecule has 0 atom stereocenters. The largest absolute Gasteiger partial charge is 0.423 e. The highest BCUT2D eigenvalue weighted by Gasteiger charge is 2.14. The molecule has 3 rings (SSSR count). The second kappa shape index (κ2) is 7.40. The van der Waals surface area contributed by atoms with Gasteiger partial charge in [-0.3, -0.25) is 0 Å². The Morgan fingerprint density at radius 2 is 1.04 bits per heavy atom. The summed E-state index contributed by atoms with van der Waals surface area (Å²) in [6, 6.07) is 19.1. The Hall–Kier alpha value is -3.80. The Labute approximate surface area is 150 Å². The van der Waals surface area contributed by atoms with Crippen LogP contribution in [0.15, 0.2) is 72.8 Å². The fourth-order valence-corrected chi connectivity index (χ4v) is 2.26. The van der Waals surface area contributed by atoms with E-state index in [4.69, 9.17) is 20.9 Å². The van der Waals surface area contributed by atoms with Crippen molar-refractivity contribution in [2.75, 3.05) is 11.5 Å². The summed E-state index contributed by atoms with van der Waals surface area (Å²) in [5.41, 5.74) is 12.7. The average Bonchev–Trinajstić information content (AvgIpc) is 2.62. The molecule has 3 aromatic carbocycles. The van der Waals surface area contributed by atoms with Gasteiger partial charge in [-0.05, 0) is 42.5 Å². The summed E-state index contributed by atoms with van der Waals surface area (Å²) in [6.45, 7) is 0. The van der Waals surface area contributed by atoms with Crippen LogP contribution < -0.4 is 20.9 Å². The summed E-state index contributed by atoms with van der Waals surface area (Å²) >= 11 is 0. The number of carbonyl (C=O) groups excluding carboxylic acids is 2. The highest BCUT2D eigenvalue weighted by molar-refractivity contribution is 5.96. The van der Waals surface area contributed by atoms with E-state index in [1.807, 2.05) is 0 Å². The van der Waals surface area contributed by atoms with E-state index in [1.165, 1.54) is 18.2 Å². The molecule has 4 N–H and O–H groups in total. The fraction of sp³-hybridized carbons (Fsp3) is 0. The van der Waals surface area contributed by atoms with Crippen LogP contribution in [-0.2, 0) is 0 Å². The lowest BCUT2D eigenvalue weighted by Gasteiger charge is -2.07. The number of ether oxygens (including phenoxy) is 2. The summed E-state index contributed by atoms with van der Waals surface area (Å²) in [7, 11) is 0. The van der Waals surface area contributed by atoms with Crippen molar-refractivity contribution >= 4 is 23.3 Å². The van der Waals surface area contributed by atoms with E-state index >= 15 is 0 Å². The van der Waals surface area contributed by atoms with E-state index in [9.17, 15) is 9.59 Å². The molecule has 0 fully saturated rings. The van der Waals surface area contributed by atoms with E-state index in [1.54, 1.807) is 54.6 Å². The van der Waals surface area contributed by atoms with Gasteiger partial charge in [0.15, 0.2) is 0 Å². The first kappa shape index (κ1) is 17.0. The molecule has 6 nitrogen and oxygen atoms in total. The lowest BCUT2D eigenvalue weighted by molar-refractivity contribution is 0.0734. The minimum atomic E-state index is -0.603. The van der Waals surface area contributed by atoms with Crippen LogP contribution in [-0.4, -0.2) is 11.9 Å². The van der Waals surface area contributed by atoms with Gasteiger partial charge in [0.05, 0.1) is 11.1 Å². The molecule has 0 aliphatic rings. The molecule has 0 amide bonds. The molecule has 0 spiro atoms. The smallest absolute Gasteiger partial charge is 0.343 e. The quantitative estimate of drug-likeness (QED) is 0.426. The molecule has 0 saturated heterocycles. The summed E-state index contributed by atoms with van der Waals surface area (Å²) in [4.78, 5) is 24.5. The van der Waals surface area contributed by atoms with Gasteiger partial charge in [0.25, 0.3) is 0 Å². The number of anilines is 2. The molecule has 26 heavy (non-hydrogen) atoms. The normalized spacial score (nSPS) is 10.2. The molecule has 0 radical (unpaired) electrons. The van der Waals surface area contributed by atoms with Crippen LogP contribution in [0.25, 0.3) is 0 Å². The number of carbonyl (C=O) groups is 2. The van der Waals surface area contributed by atoms with Crippen molar-refractivity contribution in [1.29, 1.82) is 0 Å². The molecule has 0 aliphatic heterocycles. The van der Waals surface area contributed by atoms with Gasteiger partial charge in [0.2, 0.25) is 0 Å². The Balaban J connectivity index is 1.75. The van der Waals surface area contributed by atoms with Crippen LogP contribution in [0.4, 0.5) is 11.4 Å². The molecule has 0 heterocycles. The van der Waals surface area contributed by atoms with Crippen LogP contribution >= 0.6 is 0 Å². The van der Waals surface area contributed by atoms with Crippen LogP contribution in [0.2, 0.25) is 0 Å². The standard InChI is InChI=1S/C20H16N2O4/c21-15-6-2-8-17(11-15)25-19(23)13-4-1-5-14(10-13)20(24)26-18-9-3-7-16(22)12-18/h1-12H,21-22H2. The molecule has 0 aliphatic carbocycles. The van der Waals surface area contributed by atoms with E-state index < -0.39 is 11.9 Å². The second-order valence-corrected chi connectivity index (χ2v) is 5.50. The Kier molecular flexibility index (Phi) is 4.85. The van der Waals surface area contributed by atoms with Gasteiger partial charge in [-0.1, -0.05) is 18.2 Å². The minimum Gasteiger partial charge on any atom is -0.423 e. The molecule has 130 valence electrons. The van der Waals surface area contributed by atoms with Crippen molar-refractivity contribution in [1.82, 2.24) is 0 Å². The number of hydrogen-bond donors (Lipinski definition) is 2. The molecular weight excluding hydrogens is 332 g/mol. The molecule has 0 unspecified atom stereocenters. The second-order valence-electron chi connectivity index (χ2n) is 5.50. The van der Waals surface area contributed by atoms with Crippen molar-refractivity contribution in [3.63, 3.8) is 0 Å². The van der Waals surface area contributed by atoms with Gasteiger partial charge in [-0.2, -0.15) is 0 Å². The van der Waals surface area contributed by atoms with E-state index in [0.717, 1.165) is 0 Å². The van der Waals surface area contributed by atoms with E-state index in [0.29, 0.717) is 22.9 Å². The van der Waals surface area contributed by atoms with Crippen molar-refractivity contribution in [2.45, 2.75) is 0 Å². The Morgan fingerprint density at radius 1 is 0.615 bits per heavy atom. The van der Waals surface area contributed by atoms with Crippen molar-refractivity contribution in [3.8, 4) is 11.5 Å². The number of nitrogen functional groups attached to an aromatic ring is 2. The molecule has 6 heteroatoms. The third kappa shape index (κ3) is 4.18. The molecule has 0 aromatic heterocycles. The summed E-state index contributed by atoms with van der Waals surface area (Å²) in [5, 5.41) is 0. The number of benzene rings is 3. The van der Waals surface area contributed by atoms with E-state index in [-0.39, 0.29) is 11.1 Å². The predicted octanol–water partition coefficient (Wildman–Crippen LogP) is 3.29. The van der Waals surface area contributed by atoms with Gasteiger partial charge >= 0.3 is 11.9 Å². The summed E-state index contributed by atoms with van der Waals surface area (Å²) < 4.78 is 10.5. The van der Waals surface area contributed by atoms with Gasteiger partial charge in [0.1, 0.15) is 11.5 Å². The zero-order chi connectivity index (χ0) is 18.5. The molecule has 3 aromatic rings. The highest BCUT2D eigenvalue weighted by atomic mass is 16.5. The van der Waals surface area contributed by atoms with Crippen molar-refractivity contribution in [3.05, 3.63) is 83.9 Å². The van der Waals surface area contributed by atoms with Gasteiger partial charge in [-0.25, -0.2) is 9.59 Å². The average molecular weight is 348 g/mol. The predicted molar refractivity (Wildman–Crippen MR) is 98.1 cm³/mol. The van der Waals surface area contributed by atoms with Crippen LogP contribution in [0.1, 0.15) is 20.7 Å². The maximum absolute atomic E-state index is 12.3. The maximum atomic E-state index is 12.3.